The molecule has 1 rings (SSSR count). The molecular formula is C8H11I. The van der Waals surface area contributed by atoms with Gasteiger partial charge in [0.2, 0.25) is 0 Å². The minimum atomic E-state index is 0.752. The molecule has 0 spiro atoms. The molecule has 0 bridgehead atoms. The number of allylic oxidation sites excluding steroid dienone is 4. The van der Waals surface area contributed by atoms with Crippen molar-refractivity contribution in [3.63, 3.8) is 0 Å². The van der Waals surface area contributed by atoms with E-state index < -0.39 is 0 Å². The van der Waals surface area contributed by atoms with E-state index in [4.69, 9.17) is 0 Å². The summed E-state index contributed by atoms with van der Waals surface area (Å²) in [5.41, 5.74) is 1.41. The van der Waals surface area contributed by atoms with Gasteiger partial charge in [-0.25, -0.2) is 0 Å². The van der Waals surface area contributed by atoms with E-state index in [2.05, 4.69) is 48.6 Å². The summed E-state index contributed by atoms with van der Waals surface area (Å²) in [7, 11) is 0. The predicted molar refractivity (Wildman–Crippen MR) is 49.6 cm³/mol. The maximum absolute atomic E-state index is 2.41. The van der Waals surface area contributed by atoms with Crippen LogP contribution in [0.15, 0.2) is 21.3 Å². The molecule has 0 saturated heterocycles. The van der Waals surface area contributed by atoms with E-state index in [1.165, 1.54) is 15.6 Å². The Balaban J connectivity index is 2.74. The van der Waals surface area contributed by atoms with Crippen molar-refractivity contribution in [2.75, 3.05) is 0 Å². The second kappa shape index (κ2) is 2.86. The molecule has 1 unspecified atom stereocenters. The average Bonchev–Trinajstić information content (AvgIpc) is 1.59. The lowest BCUT2D eigenvalue weighted by molar-refractivity contribution is 0.726. The van der Waals surface area contributed by atoms with Gasteiger partial charge < -0.3 is 0 Å². The normalized spacial score (nSPS) is 27.2. The molecule has 0 fully saturated rings. The highest BCUT2D eigenvalue weighted by Gasteiger charge is 2.05. The van der Waals surface area contributed by atoms with Gasteiger partial charge in [0.05, 0.1) is 0 Å². The fraction of sp³-hybridized carbons (Fsp3) is 0.500. The van der Waals surface area contributed by atoms with Gasteiger partial charge in [0, 0.05) is 0 Å². The summed E-state index contributed by atoms with van der Waals surface area (Å²) in [5, 5.41) is 0. The third-order valence-corrected chi connectivity index (χ3v) is 2.20. The summed E-state index contributed by atoms with van der Waals surface area (Å²) in [6.45, 7) is 4.42. The Bertz CT molecular complexity index is 165. The van der Waals surface area contributed by atoms with Gasteiger partial charge in [0.15, 0.2) is 0 Å². The van der Waals surface area contributed by atoms with E-state index >= 15 is 0 Å². The van der Waals surface area contributed by atoms with Crippen molar-refractivity contribution < 1.29 is 0 Å². The van der Waals surface area contributed by atoms with Crippen molar-refractivity contribution in [2.45, 2.75) is 20.3 Å². The van der Waals surface area contributed by atoms with Crippen molar-refractivity contribution >= 4 is 22.6 Å². The van der Waals surface area contributed by atoms with Crippen LogP contribution < -0.4 is 0 Å². The molecule has 0 aromatic carbocycles. The Labute approximate surface area is 70.2 Å². The molecule has 0 nitrogen and oxygen atoms in total. The number of rotatable bonds is 0. The molecule has 1 heteroatoms. The molecule has 0 aromatic rings. The van der Waals surface area contributed by atoms with Gasteiger partial charge in [-0.15, -0.1) is 0 Å². The fourth-order valence-corrected chi connectivity index (χ4v) is 2.36. The Morgan fingerprint density at radius 3 is 2.78 bits per heavy atom. The third kappa shape index (κ3) is 2.12. The largest absolute Gasteiger partial charge is 0.0784 e. The SMILES string of the molecule is CC1=CC(C)CC(I)=C1. The molecule has 50 valence electrons. The molecule has 0 saturated carbocycles. The van der Waals surface area contributed by atoms with Gasteiger partial charge in [-0.3, -0.25) is 0 Å². The van der Waals surface area contributed by atoms with Crippen LogP contribution in [-0.2, 0) is 0 Å². The first-order valence-electron chi connectivity index (χ1n) is 3.23. The number of hydrogen-bond acceptors (Lipinski definition) is 0. The van der Waals surface area contributed by atoms with Crippen LogP contribution in [0.25, 0.3) is 0 Å². The molecule has 1 aliphatic rings. The minimum absolute atomic E-state index is 0.752. The van der Waals surface area contributed by atoms with Gasteiger partial charge in [-0.1, -0.05) is 24.6 Å². The Morgan fingerprint density at radius 1 is 1.67 bits per heavy atom. The van der Waals surface area contributed by atoms with E-state index in [0.717, 1.165) is 5.92 Å². The highest BCUT2D eigenvalue weighted by molar-refractivity contribution is 14.1. The summed E-state index contributed by atoms with van der Waals surface area (Å²) in [5.74, 6) is 0.752. The van der Waals surface area contributed by atoms with Crippen LogP contribution in [0, 0.1) is 5.92 Å². The molecule has 1 aliphatic carbocycles. The first kappa shape index (κ1) is 7.32. The molecule has 0 amide bonds. The summed E-state index contributed by atoms with van der Waals surface area (Å²) in [4.78, 5) is 0. The highest BCUT2D eigenvalue weighted by Crippen LogP contribution is 2.25. The molecule has 0 radical (unpaired) electrons. The lowest BCUT2D eigenvalue weighted by atomic mass is 9.99. The predicted octanol–water partition coefficient (Wildman–Crippen LogP) is 3.29. The molecular weight excluding hydrogens is 223 g/mol. The lowest BCUT2D eigenvalue weighted by Crippen LogP contribution is -1.95. The summed E-state index contributed by atoms with van der Waals surface area (Å²) in [6, 6.07) is 0. The Hall–Kier alpha value is 0.210. The summed E-state index contributed by atoms with van der Waals surface area (Å²) >= 11 is 2.41. The van der Waals surface area contributed by atoms with Crippen LogP contribution in [0.1, 0.15) is 20.3 Å². The van der Waals surface area contributed by atoms with Crippen molar-refractivity contribution in [3.8, 4) is 0 Å². The Kier molecular flexibility index (Phi) is 2.33. The van der Waals surface area contributed by atoms with Gasteiger partial charge in [0.1, 0.15) is 0 Å². The smallest absolute Gasteiger partial charge is 0.00858 e. The van der Waals surface area contributed by atoms with Crippen LogP contribution >= 0.6 is 22.6 Å². The first-order chi connectivity index (χ1) is 4.18. The summed E-state index contributed by atoms with van der Waals surface area (Å²) < 4.78 is 1.49. The van der Waals surface area contributed by atoms with Gasteiger partial charge in [-0.05, 0) is 45.4 Å². The summed E-state index contributed by atoms with van der Waals surface area (Å²) in [6.07, 6.45) is 5.81. The van der Waals surface area contributed by atoms with E-state index in [-0.39, 0.29) is 0 Å². The second-order valence-corrected chi connectivity index (χ2v) is 4.07. The van der Waals surface area contributed by atoms with E-state index in [0.29, 0.717) is 0 Å². The van der Waals surface area contributed by atoms with E-state index in [1.54, 1.807) is 0 Å². The van der Waals surface area contributed by atoms with Crippen molar-refractivity contribution in [3.05, 3.63) is 21.3 Å². The van der Waals surface area contributed by atoms with Crippen molar-refractivity contribution in [1.29, 1.82) is 0 Å². The van der Waals surface area contributed by atoms with Crippen molar-refractivity contribution in [2.24, 2.45) is 5.92 Å². The van der Waals surface area contributed by atoms with Crippen LogP contribution in [0.5, 0.6) is 0 Å². The van der Waals surface area contributed by atoms with E-state index in [9.17, 15) is 0 Å². The average molecular weight is 234 g/mol. The first-order valence-corrected chi connectivity index (χ1v) is 4.31. The van der Waals surface area contributed by atoms with E-state index in [1.807, 2.05) is 0 Å². The van der Waals surface area contributed by atoms with Crippen LogP contribution in [-0.4, -0.2) is 0 Å². The zero-order valence-corrected chi connectivity index (χ0v) is 7.97. The van der Waals surface area contributed by atoms with Crippen LogP contribution in [0.4, 0.5) is 0 Å². The monoisotopic (exact) mass is 234 g/mol. The van der Waals surface area contributed by atoms with Crippen LogP contribution in [0.2, 0.25) is 0 Å². The zero-order valence-electron chi connectivity index (χ0n) is 5.82. The lowest BCUT2D eigenvalue weighted by Gasteiger charge is -2.11. The number of halogens is 1. The molecule has 0 heterocycles. The van der Waals surface area contributed by atoms with Gasteiger partial charge >= 0.3 is 0 Å². The van der Waals surface area contributed by atoms with Gasteiger partial charge in [0.25, 0.3) is 0 Å². The maximum Gasteiger partial charge on any atom is -0.00858 e. The van der Waals surface area contributed by atoms with Crippen molar-refractivity contribution in [1.82, 2.24) is 0 Å². The molecule has 0 aromatic heterocycles. The second-order valence-electron chi connectivity index (χ2n) is 2.68. The topological polar surface area (TPSA) is 0 Å². The molecule has 1 atom stereocenters. The highest BCUT2D eigenvalue weighted by atomic mass is 127. The third-order valence-electron chi connectivity index (χ3n) is 1.45. The van der Waals surface area contributed by atoms with Crippen LogP contribution in [0.3, 0.4) is 0 Å². The molecule has 0 N–H and O–H groups in total. The quantitative estimate of drug-likeness (QED) is 0.564. The zero-order chi connectivity index (χ0) is 6.85. The number of hydrogen-bond donors (Lipinski definition) is 0. The van der Waals surface area contributed by atoms with Gasteiger partial charge in [-0.2, -0.15) is 0 Å². The molecule has 0 aliphatic heterocycles. The standard InChI is InChI=1S/C8H11I/c1-6-3-7(2)5-8(9)4-6/h3-4,7H,5H2,1-2H3. The minimum Gasteiger partial charge on any atom is -0.0784 e. The Morgan fingerprint density at radius 2 is 2.33 bits per heavy atom. The molecule has 9 heavy (non-hydrogen) atoms. The fourth-order valence-electron chi connectivity index (χ4n) is 1.17. The maximum atomic E-state index is 2.41.